The van der Waals surface area contributed by atoms with E-state index in [1.54, 1.807) is 0 Å². The predicted octanol–water partition coefficient (Wildman–Crippen LogP) is 4.06. The summed E-state index contributed by atoms with van der Waals surface area (Å²) >= 11 is 0. The van der Waals surface area contributed by atoms with Crippen molar-refractivity contribution in [1.29, 1.82) is 0 Å². The summed E-state index contributed by atoms with van der Waals surface area (Å²) in [7, 11) is 0. The lowest BCUT2D eigenvalue weighted by atomic mass is 10.1. The SMILES string of the molecule is Cc1cc(C)n(-c2cccc(C(=O)Nc3ccc4c(c3)CC(C)O4)c2)n1. The quantitative estimate of drug-likeness (QED) is 0.777. The van der Waals surface area contributed by atoms with Crippen molar-refractivity contribution in [2.45, 2.75) is 33.3 Å². The lowest BCUT2D eigenvalue weighted by Gasteiger charge is -2.09. The lowest BCUT2D eigenvalue weighted by Crippen LogP contribution is -2.12. The number of aromatic nitrogens is 2. The molecule has 0 aliphatic carbocycles. The molecular formula is C21H21N3O2. The van der Waals surface area contributed by atoms with Gasteiger partial charge in [0.15, 0.2) is 0 Å². The number of fused-ring (bicyclic) bond motifs is 1. The number of carbonyl (C=O) groups is 1. The Morgan fingerprint density at radius 1 is 1.19 bits per heavy atom. The van der Waals surface area contributed by atoms with Crippen LogP contribution in [0, 0.1) is 13.8 Å². The molecule has 3 aromatic rings. The largest absolute Gasteiger partial charge is 0.490 e. The van der Waals surface area contributed by atoms with Crippen molar-refractivity contribution in [1.82, 2.24) is 9.78 Å². The first kappa shape index (κ1) is 16.4. The monoisotopic (exact) mass is 347 g/mol. The standard InChI is InChI=1S/C21H21N3O2/c1-13-9-14(2)24(23-13)19-6-4-5-16(12-19)21(25)22-18-7-8-20-17(11-18)10-15(3)26-20/h4-9,11-12,15H,10H2,1-3H3,(H,22,25). The third-order valence-corrected chi connectivity index (χ3v) is 4.52. The van der Waals surface area contributed by atoms with E-state index in [0.29, 0.717) is 5.56 Å². The molecule has 0 saturated carbocycles. The fourth-order valence-electron chi connectivity index (χ4n) is 3.37. The number of amides is 1. The average molecular weight is 347 g/mol. The van der Waals surface area contributed by atoms with Gasteiger partial charge in [0, 0.05) is 23.4 Å². The Morgan fingerprint density at radius 3 is 2.81 bits per heavy atom. The molecule has 4 rings (SSSR count). The van der Waals surface area contributed by atoms with Crippen molar-refractivity contribution in [2.24, 2.45) is 0 Å². The fraction of sp³-hybridized carbons (Fsp3) is 0.238. The molecule has 2 heterocycles. The van der Waals surface area contributed by atoms with Crippen LogP contribution in [-0.4, -0.2) is 21.8 Å². The molecule has 1 atom stereocenters. The van der Waals surface area contributed by atoms with Gasteiger partial charge in [-0.2, -0.15) is 5.10 Å². The molecule has 1 aliphatic heterocycles. The number of ether oxygens (including phenoxy) is 1. The van der Waals surface area contributed by atoms with Crippen LogP contribution in [0.4, 0.5) is 5.69 Å². The van der Waals surface area contributed by atoms with Crippen molar-refractivity contribution >= 4 is 11.6 Å². The second kappa shape index (κ2) is 6.33. The molecule has 0 spiro atoms. The van der Waals surface area contributed by atoms with Gasteiger partial charge in [-0.15, -0.1) is 0 Å². The van der Waals surface area contributed by atoms with E-state index in [1.165, 1.54) is 0 Å². The Balaban J connectivity index is 1.57. The van der Waals surface area contributed by atoms with Crippen LogP contribution < -0.4 is 10.1 Å². The number of nitrogens with zero attached hydrogens (tertiary/aromatic N) is 2. The fourth-order valence-corrected chi connectivity index (χ4v) is 3.37. The number of rotatable bonds is 3. The van der Waals surface area contributed by atoms with Crippen LogP contribution in [0.1, 0.15) is 34.2 Å². The molecule has 1 amide bonds. The van der Waals surface area contributed by atoms with Crippen molar-refractivity contribution in [3.8, 4) is 11.4 Å². The number of carbonyl (C=O) groups excluding carboxylic acids is 1. The Kier molecular flexibility index (Phi) is 3.99. The number of hydrogen-bond donors (Lipinski definition) is 1. The minimum absolute atomic E-state index is 0.139. The Labute approximate surface area is 152 Å². The van der Waals surface area contributed by atoms with Crippen LogP contribution in [0.3, 0.4) is 0 Å². The highest BCUT2D eigenvalue weighted by Gasteiger charge is 2.19. The zero-order valence-corrected chi connectivity index (χ0v) is 15.1. The second-order valence-electron chi connectivity index (χ2n) is 6.80. The first-order chi connectivity index (χ1) is 12.5. The van der Waals surface area contributed by atoms with Gasteiger partial charge in [-0.25, -0.2) is 4.68 Å². The van der Waals surface area contributed by atoms with Crippen LogP contribution in [0.2, 0.25) is 0 Å². The molecule has 0 fully saturated rings. The summed E-state index contributed by atoms with van der Waals surface area (Å²) in [4.78, 5) is 12.7. The van der Waals surface area contributed by atoms with E-state index in [2.05, 4.69) is 10.4 Å². The topological polar surface area (TPSA) is 56.2 Å². The molecule has 1 unspecified atom stereocenters. The lowest BCUT2D eigenvalue weighted by molar-refractivity contribution is 0.102. The van der Waals surface area contributed by atoms with Gasteiger partial charge >= 0.3 is 0 Å². The Bertz CT molecular complexity index is 991. The van der Waals surface area contributed by atoms with Gasteiger partial charge in [0.25, 0.3) is 5.91 Å². The van der Waals surface area contributed by atoms with Crippen molar-refractivity contribution in [2.75, 3.05) is 5.32 Å². The number of anilines is 1. The van der Waals surface area contributed by atoms with Gasteiger partial charge in [0.1, 0.15) is 11.9 Å². The molecule has 5 nitrogen and oxygen atoms in total. The summed E-state index contributed by atoms with van der Waals surface area (Å²) in [6.45, 7) is 6.00. The molecule has 1 aliphatic rings. The average Bonchev–Trinajstić information content (AvgIpc) is 3.15. The van der Waals surface area contributed by atoms with E-state index >= 15 is 0 Å². The summed E-state index contributed by atoms with van der Waals surface area (Å²) in [6.07, 6.45) is 1.06. The zero-order valence-electron chi connectivity index (χ0n) is 15.1. The number of nitrogens with one attached hydrogen (secondary N) is 1. The van der Waals surface area contributed by atoms with E-state index in [0.717, 1.165) is 40.5 Å². The van der Waals surface area contributed by atoms with E-state index < -0.39 is 0 Å². The van der Waals surface area contributed by atoms with Crippen LogP contribution in [0.25, 0.3) is 5.69 Å². The van der Waals surface area contributed by atoms with Crippen molar-refractivity contribution in [3.63, 3.8) is 0 Å². The molecule has 132 valence electrons. The highest BCUT2D eigenvalue weighted by atomic mass is 16.5. The van der Waals surface area contributed by atoms with Gasteiger partial charge in [-0.3, -0.25) is 4.79 Å². The van der Waals surface area contributed by atoms with Crippen LogP contribution >= 0.6 is 0 Å². The molecule has 5 heteroatoms. The molecule has 0 saturated heterocycles. The van der Waals surface area contributed by atoms with Crippen molar-refractivity contribution < 1.29 is 9.53 Å². The van der Waals surface area contributed by atoms with E-state index in [9.17, 15) is 4.79 Å². The van der Waals surface area contributed by atoms with Crippen LogP contribution in [-0.2, 0) is 6.42 Å². The molecular weight excluding hydrogens is 326 g/mol. The minimum Gasteiger partial charge on any atom is -0.490 e. The van der Waals surface area contributed by atoms with E-state index in [1.807, 2.05) is 74.0 Å². The van der Waals surface area contributed by atoms with Crippen LogP contribution in [0.5, 0.6) is 5.75 Å². The molecule has 26 heavy (non-hydrogen) atoms. The van der Waals surface area contributed by atoms with Gasteiger partial charge in [-0.1, -0.05) is 6.07 Å². The van der Waals surface area contributed by atoms with Crippen LogP contribution in [0.15, 0.2) is 48.5 Å². The third-order valence-electron chi connectivity index (χ3n) is 4.52. The maximum absolute atomic E-state index is 12.7. The summed E-state index contributed by atoms with van der Waals surface area (Å²) in [5.41, 5.74) is 5.37. The highest BCUT2D eigenvalue weighted by Crippen LogP contribution is 2.31. The normalized spacial score (nSPS) is 15.4. The number of hydrogen-bond acceptors (Lipinski definition) is 3. The molecule has 0 bridgehead atoms. The molecule has 0 radical (unpaired) electrons. The molecule has 1 N–H and O–H groups in total. The van der Waals surface area contributed by atoms with Gasteiger partial charge in [0.2, 0.25) is 0 Å². The number of benzene rings is 2. The van der Waals surface area contributed by atoms with Crippen molar-refractivity contribution in [3.05, 3.63) is 71.0 Å². The zero-order chi connectivity index (χ0) is 18.3. The van der Waals surface area contributed by atoms with E-state index in [4.69, 9.17) is 4.74 Å². The molecule has 2 aromatic carbocycles. The third kappa shape index (κ3) is 3.08. The smallest absolute Gasteiger partial charge is 0.255 e. The highest BCUT2D eigenvalue weighted by molar-refractivity contribution is 6.04. The van der Waals surface area contributed by atoms with Gasteiger partial charge < -0.3 is 10.1 Å². The maximum atomic E-state index is 12.7. The van der Waals surface area contributed by atoms with Gasteiger partial charge in [-0.05, 0) is 68.8 Å². The summed E-state index contributed by atoms with van der Waals surface area (Å²) in [6, 6.07) is 15.3. The van der Waals surface area contributed by atoms with E-state index in [-0.39, 0.29) is 12.0 Å². The Morgan fingerprint density at radius 2 is 2.04 bits per heavy atom. The van der Waals surface area contributed by atoms with Gasteiger partial charge in [0.05, 0.1) is 11.4 Å². The summed E-state index contributed by atoms with van der Waals surface area (Å²) < 4.78 is 7.55. The summed E-state index contributed by atoms with van der Waals surface area (Å²) in [5, 5.41) is 7.46. The first-order valence-corrected chi connectivity index (χ1v) is 8.74. The first-order valence-electron chi connectivity index (χ1n) is 8.74. The maximum Gasteiger partial charge on any atom is 0.255 e. The molecule has 1 aromatic heterocycles. The number of aryl methyl sites for hydroxylation is 2. The predicted molar refractivity (Wildman–Crippen MR) is 101 cm³/mol. The summed E-state index contributed by atoms with van der Waals surface area (Å²) in [5.74, 6) is 0.766. The Hall–Kier alpha value is -3.08. The minimum atomic E-state index is -0.139. The second-order valence-corrected chi connectivity index (χ2v) is 6.80.